The van der Waals surface area contributed by atoms with E-state index in [1.807, 2.05) is 19.9 Å². The third kappa shape index (κ3) is 6.35. The fourth-order valence-electron chi connectivity index (χ4n) is 3.30. The molecule has 3 rings (SSSR count). The smallest absolute Gasteiger partial charge is 0.425 e. The average molecular weight is 474 g/mol. The van der Waals surface area contributed by atoms with Gasteiger partial charge in [0.15, 0.2) is 0 Å². The van der Waals surface area contributed by atoms with Crippen molar-refractivity contribution in [2.75, 3.05) is 6.61 Å². The van der Waals surface area contributed by atoms with E-state index in [0.29, 0.717) is 9.87 Å². The van der Waals surface area contributed by atoms with Gasteiger partial charge in [0.25, 0.3) is 10.0 Å². The Kier molecular flexibility index (Phi) is 7.17. The highest BCUT2D eigenvalue weighted by atomic mass is 32.2. The summed E-state index contributed by atoms with van der Waals surface area (Å²) in [5, 5.41) is 0. The SMILES string of the molecule is Cc1ccc(S(=O)(=O)N(C(=O)OC(C)(C)C)[C@@H](COC(=O)C2CC2)c2cccc(C)c2)cc1. The van der Waals surface area contributed by atoms with Gasteiger partial charge in [0.2, 0.25) is 0 Å². The van der Waals surface area contributed by atoms with Crippen LogP contribution in [-0.4, -0.2) is 37.0 Å². The molecule has 178 valence electrons. The largest absolute Gasteiger partial charge is 0.463 e. The van der Waals surface area contributed by atoms with Crippen LogP contribution in [0.2, 0.25) is 0 Å². The second-order valence-electron chi connectivity index (χ2n) is 9.43. The Morgan fingerprint density at radius 1 is 1.03 bits per heavy atom. The summed E-state index contributed by atoms with van der Waals surface area (Å²) in [5.41, 5.74) is 1.36. The lowest BCUT2D eigenvalue weighted by Gasteiger charge is -2.33. The van der Waals surface area contributed by atoms with Crippen LogP contribution >= 0.6 is 0 Å². The molecule has 8 heteroatoms. The van der Waals surface area contributed by atoms with Crippen molar-refractivity contribution in [1.82, 2.24) is 4.31 Å². The number of esters is 1. The fraction of sp³-hybridized carbons (Fsp3) is 0.440. The second-order valence-corrected chi connectivity index (χ2v) is 11.2. The third-order valence-electron chi connectivity index (χ3n) is 5.16. The number of aryl methyl sites for hydroxylation is 2. The summed E-state index contributed by atoms with van der Waals surface area (Å²) in [5.74, 6) is -0.545. The summed E-state index contributed by atoms with van der Waals surface area (Å²) in [6.07, 6.45) is 0.480. The Hall–Kier alpha value is -2.87. The highest BCUT2D eigenvalue weighted by Gasteiger charge is 2.41. The monoisotopic (exact) mass is 473 g/mol. The van der Waals surface area contributed by atoms with E-state index in [9.17, 15) is 18.0 Å². The molecule has 0 bridgehead atoms. The van der Waals surface area contributed by atoms with E-state index in [-0.39, 0.29) is 23.4 Å². The lowest BCUT2D eigenvalue weighted by molar-refractivity contribution is -0.146. The van der Waals surface area contributed by atoms with Gasteiger partial charge in [0.05, 0.1) is 10.8 Å². The molecule has 1 amide bonds. The van der Waals surface area contributed by atoms with Crippen molar-refractivity contribution < 1.29 is 27.5 Å². The number of carbonyl (C=O) groups is 2. The fourth-order valence-corrected chi connectivity index (χ4v) is 4.76. The van der Waals surface area contributed by atoms with E-state index >= 15 is 0 Å². The number of sulfonamides is 1. The molecule has 1 fully saturated rings. The summed E-state index contributed by atoms with van der Waals surface area (Å²) in [6, 6.07) is 12.3. The minimum atomic E-state index is -4.33. The highest BCUT2D eigenvalue weighted by Crippen LogP contribution is 2.34. The first-order valence-corrected chi connectivity index (χ1v) is 12.4. The van der Waals surface area contributed by atoms with E-state index in [0.717, 1.165) is 24.0 Å². The summed E-state index contributed by atoms with van der Waals surface area (Å²) in [6.45, 7) is 8.39. The van der Waals surface area contributed by atoms with Gasteiger partial charge in [-0.25, -0.2) is 13.2 Å². The maximum atomic E-state index is 13.7. The molecule has 2 aromatic rings. The zero-order valence-corrected chi connectivity index (χ0v) is 20.5. The Balaban J connectivity index is 2.09. The molecular weight excluding hydrogens is 442 g/mol. The molecule has 0 saturated heterocycles. The maximum absolute atomic E-state index is 13.7. The summed E-state index contributed by atoms with van der Waals surface area (Å²) >= 11 is 0. The molecule has 1 aliphatic carbocycles. The molecule has 1 saturated carbocycles. The zero-order valence-electron chi connectivity index (χ0n) is 19.7. The normalized spacial score (nSPS) is 14.9. The summed E-state index contributed by atoms with van der Waals surface area (Å²) < 4.78 is 39.2. The minimum Gasteiger partial charge on any atom is -0.463 e. The van der Waals surface area contributed by atoms with Gasteiger partial charge < -0.3 is 9.47 Å². The van der Waals surface area contributed by atoms with Crippen molar-refractivity contribution >= 4 is 22.1 Å². The molecule has 7 nitrogen and oxygen atoms in total. The Labute approximate surface area is 195 Å². The molecule has 2 aromatic carbocycles. The van der Waals surface area contributed by atoms with Crippen LogP contribution in [0.25, 0.3) is 0 Å². The molecule has 0 aliphatic heterocycles. The Morgan fingerprint density at radius 3 is 2.21 bits per heavy atom. The molecule has 0 spiro atoms. The van der Waals surface area contributed by atoms with Gasteiger partial charge in [-0.1, -0.05) is 47.5 Å². The summed E-state index contributed by atoms with van der Waals surface area (Å²) in [7, 11) is -4.33. The van der Waals surface area contributed by atoms with Crippen LogP contribution in [0.4, 0.5) is 4.79 Å². The molecule has 0 N–H and O–H groups in total. The first kappa shape index (κ1) is 24.8. The van der Waals surface area contributed by atoms with Crippen LogP contribution in [0, 0.1) is 19.8 Å². The van der Waals surface area contributed by atoms with Crippen molar-refractivity contribution in [1.29, 1.82) is 0 Å². The number of amides is 1. The van der Waals surface area contributed by atoms with Crippen molar-refractivity contribution in [3.05, 3.63) is 65.2 Å². The van der Waals surface area contributed by atoms with E-state index < -0.39 is 27.8 Å². The average Bonchev–Trinajstić information content (AvgIpc) is 3.55. The van der Waals surface area contributed by atoms with Gasteiger partial charge in [-0.05, 0) is 65.2 Å². The van der Waals surface area contributed by atoms with Crippen molar-refractivity contribution in [3.63, 3.8) is 0 Å². The maximum Gasteiger partial charge on any atom is 0.425 e. The van der Waals surface area contributed by atoms with Crippen molar-refractivity contribution in [2.24, 2.45) is 5.92 Å². The van der Waals surface area contributed by atoms with Gasteiger partial charge in [0, 0.05) is 0 Å². The first-order valence-electron chi connectivity index (χ1n) is 11.0. The van der Waals surface area contributed by atoms with E-state index in [4.69, 9.17) is 9.47 Å². The van der Waals surface area contributed by atoms with Crippen molar-refractivity contribution in [2.45, 2.75) is 64.0 Å². The standard InChI is InChI=1S/C25H31NO6S/c1-17-9-13-21(14-10-17)33(29,30)26(24(28)32-25(3,4)5)22(16-31-23(27)19-11-12-19)20-8-6-7-18(2)15-20/h6-10,13-15,19,22H,11-12,16H2,1-5H3/t22-/m0/s1. The molecule has 0 radical (unpaired) electrons. The van der Waals surface area contributed by atoms with Crippen LogP contribution in [0.15, 0.2) is 53.4 Å². The molecule has 0 heterocycles. The zero-order chi connectivity index (χ0) is 24.4. The lowest BCUT2D eigenvalue weighted by atomic mass is 10.1. The molecule has 1 aliphatic rings. The van der Waals surface area contributed by atoms with Crippen LogP contribution in [0.3, 0.4) is 0 Å². The van der Waals surface area contributed by atoms with Crippen LogP contribution in [-0.2, 0) is 24.3 Å². The second kappa shape index (κ2) is 9.55. The number of hydrogen-bond acceptors (Lipinski definition) is 6. The lowest BCUT2D eigenvalue weighted by Crippen LogP contribution is -2.44. The predicted molar refractivity (Wildman–Crippen MR) is 124 cm³/mol. The Morgan fingerprint density at radius 2 is 1.67 bits per heavy atom. The first-order chi connectivity index (χ1) is 15.4. The molecule has 1 atom stereocenters. The van der Waals surface area contributed by atoms with Gasteiger partial charge in [0.1, 0.15) is 18.2 Å². The molecule has 33 heavy (non-hydrogen) atoms. The number of benzene rings is 2. The van der Waals surface area contributed by atoms with Gasteiger partial charge >= 0.3 is 12.1 Å². The van der Waals surface area contributed by atoms with Gasteiger partial charge in [-0.15, -0.1) is 0 Å². The van der Waals surface area contributed by atoms with E-state index in [1.54, 1.807) is 51.1 Å². The van der Waals surface area contributed by atoms with Gasteiger partial charge in [-0.3, -0.25) is 4.79 Å². The minimum absolute atomic E-state index is 0.0508. The summed E-state index contributed by atoms with van der Waals surface area (Å²) in [4.78, 5) is 25.5. The van der Waals surface area contributed by atoms with Crippen LogP contribution in [0.1, 0.15) is 56.3 Å². The van der Waals surface area contributed by atoms with Crippen LogP contribution in [0.5, 0.6) is 0 Å². The topological polar surface area (TPSA) is 90.0 Å². The number of ether oxygens (including phenoxy) is 2. The van der Waals surface area contributed by atoms with E-state index in [1.165, 1.54) is 12.1 Å². The Bertz CT molecular complexity index is 1110. The number of carbonyl (C=O) groups excluding carboxylic acids is 2. The van der Waals surface area contributed by atoms with Crippen LogP contribution < -0.4 is 0 Å². The van der Waals surface area contributed by atoms with Gasteiger partial charge in [-0.2, -0.15) is 4.31 Å². The quantitative estimate of drug-likeness (QED) is 0.530. The van der Waals surface area contributed by atoms with Crippen molar-refractivity contribution in [3.8, 4) is 0 Å². The molecule has 0 unspecified atom stereocenters. The molecule has 0 aromatic heterocycles. The third-order valence-corrected chi connectivity index (χ3v) is 6.94. The highest BCUT2D eigenvalue weighted by molar-refractivity contribution is 7.89. The molecular formula is C25H31NO6S. The number of rotatable bonds is 7. The predicted octanol–water partition coefficient (Wildman–Crippen LogP) is 4.92. The number of nitrogens with zero attached hydrogens (tertiary/aromatic N) is 1. The van der Waals surface area contributed by atoms with E-state index in [2.05, 4.69) is 0 Å². The number of hydrogen-bond donors (Lipinski definition) is 0.